The molecule has 0 saturated carbocycles. The molecule has 0 fully saturated rings. The summed E-state index contributed by atoms with van der Waals surface area (Å²) in [6, 6.07) is 2.86. The molecule has 9 nitrogen and oxygen atoms in total. The summed E-state index contributed by atoms with van der Waals surface area (Å²) < 4.78 is 53.0. The zero-order valence-corrected chi connectivity index (χ0v) is 23.6. The Morgan fingerprint density at radius 1 is 1.12 bits per heavy atom. The number of esters is 2. The number of anilines is 2. The Balaban J connectivity index is 1.68. The number of carbonyl (C=O) groups excluding carboxylic acids is 3. The van der Waals surface area contributed by atoms with Crippen LogP contribution < -0.4 is 10.6 Å². The number of thiophene rings is 1. The second kappa shape index (κ2) is 11.7. The van der Waals surface area contributed by atoms with Gasteiger partial charge in [0.25, 0.3) is 5.91 Å². The van der Waals surface area contributed by atoms with E-state index >= 15 is 0 Å². The van der Waals surface area contributed by atoms with Crippen LogP contribution in [0.5, 0.6) is 0 Å². The van der Waals surface area contributed by atoms with Gasteiger partial charge in [-0.1, -0.05) is 29.3 Å². The number of carbonyl (C=O) groups is 3. The Labute approximate surface area is 240 Å². The molecule has 0 saturated heterocycles. The van der Waals surface area contributed by atoms with Crippen LogP contribution in [0.1, 0.15) is 74.0 Å². The van der Waals surface area contributed by atoms with E-state index in [0.29, 0.717) is 10.2 Å². The van der Waals surface area contributed by atoms with E-state index in [-0.39, 0.29) is 55.8 Å². The lowest BCUT2D eigenvalue weighted by Crippen LogP contribution is -2.35. The molecule has 1 aliphatic heterocycles. The smallest absolute Gasteiger partial charge is 0.410 e. The topological polar surface area (TPSA) is 112 Å². The van der Waals surface area contributed by atoms with E-state index in [1.807, 2.05) is 0 Å². The average Bonchev–Trinajstić information content (AvgIpc) is 3.45. The van der Waals surface area contributed by atoms with E-state index in [0.717, 1.165) is 11.3 Å². The molecule has 0 unspecified atom stereocenters. The number of amides is 1. The van der Waals surface area contributed by atoms with Crippen molar-refractivity contribution in [1.82, 2.24) is 9.78 Å². The average molecular weight is 619 g/mol. The minimum Gasteiger partial charge on any atom is -0.462 e. The number of nitrogens with one attached hydrogen (secondary N) is 2. The fourth-order valence-electron chi connectivity index (χ4n) is 4.24. The minimum absolute atomic E-state index is 0.0241. The molecular formula is C25H23Cl2F3N4O5S. The van der Waals surface area contributed by atoms with Gasteiger partial charge in [-0.3, -0.25) is 4.79 Å². The van der Waals surface area contributed by atoms with Gasteiger partial charge in [0.1, 0.15) is 15.7 Å². The molecule has 1 aliphatic rings. The summed E-state index contributed by atoms with van der Waals surface area (Å²) in [7, 11) is 0. The molecule has 2 aromatic heterocycles. The predicted molar refractivity (Wildman–Crippen MR) is 144 cm³/mol. The van der Waals surface area contributed by atoms with Crippen LogP contribution in [0.15, 0.2) is 24.3 Å². The Hall–Kier alpha value is -3.29. The molecule has 4 rings (SSSR count). The van der Waals surface area contributed by atoms with Gasteiger partial charge < -0.3 is 20.1 Å². The maximum atomic E-state index is 14.1. The quantitative estimate of drug-likeness (QED) is 0.279. The molecule has 0 aliphatic carbocycles. The molecule has 0 radical (unpaired) electrons. The van der Waals surface area contributed by atoms with Gasteiger partial charge in [0.05, 0.1) is 34.9 Å². The summed E-state index contributed by atoms with van der Waals surface area (Å²) in [6.45, 7) is 4.83. The highest BCUT2D eigenvalue weighted by Gasteiger charge is 2.47. The van der Waals surface area contributed by atoms with Crippen LogP contribution in [0.2, 0.25) is 10.0 Å². The number of hydrogen-bond donors (Lipinski definition) is 2. The second-order valence-corrected chi connectivity index (χ2v) is 10.5. The van der Waals surface area contributed by atoms with Gasteiger partial charge >= 0.3 is 18.1 Å². The standard InChI is InChI=1S/C25H23Cl2F3N4O5S/c1-4-38-23(36)19-11(3)20(24(37)39-5-2)40-22(19)32-21(35)16-10-18-31-15(12-6-7-13(26)14(27)8-12)9-17(25(28,29)30)34(18)33-16/h6-8,10,15,17,31H,4-5,9H2,1-3H3,(H,32,35)/t15-,17-/m0/s1. The number of fused-ring (bicyclic) bond motifs is 1. The third kappa shape index (κ3) is 5.91. The van der Waals surface area contributed by atoms with Gasteiger partial charge in [-0.2, -0.15) is 18.3 Å². The van der Waals surface area contributed by atoms with Crippen LogP contribution >= 0.6 is 34.5 Å². The van der Waals surface area contributed by atoms with Crippen LogP contribution in [-0.4, -0.2) is 47.0 Å². The fourth-order valence-corrected chi connectivity index (χ4v) is 5.63. The van der Waals surface area contributed by atoms with Crippen molar-refractivity contribution in [3.05, 3.63) is 61.6 Å². The van der Waals surface area contributed by atoms with Crippen LogP contribution in [0.25, 0.3) is 0 Å². The van der Waals surface area contributed by atoms with Crippen molar-refractivity contribution in [3.8, 4) is 0 Å². The summed E-state index contributed by atoms with van der Waals surface area (Å²) in [5.41, 5.74) is 0.314. The third-order valence-corrected chi connectivity index (χ3v) is 8.01. The summed E-state index contributed by atoms with van der Waals surface area (Å²) in [6.07, 6.45) is -5.10. The number of rotatable bonds is 7. The molecule has 214 valence electrons. The van der Waals surface area contributed by atoms with E-state index < -0.39 is 42.5 Å². The van der Waals surface area contributed by atoms with E-state index in [1.165, 1.54) is 25.1 Å². The first-order chi connectivity index (χ1) is 18.8. The van der Waals surface area contributed by atoms with Crippen LogP contribution in [0, 0.1) is 6.92 Å². The van der Waals surface area contributed by atoms with Gasteiger partial charge in [0.15, 0.2) is 11.7 Å². The fraction of sp³-hybridized carbons (Fsp3) is 0.360. The van der Waals surface area contributed by atoms with E-state index in [4.69, 9.17) is 32.7 Å². The number of benzene rings is 1. The highest BCUT2D eigenvalue weighted by Crippen LogP contribution is 2.44. The lowest BCUT2D eigenvalue weighted by molar-refractivity contribution is -0.173. The number of alkyl halides is 3. The van der Waals surface area contributed by atoms with Crippen LogP contribution in [0.3, 0.4) is 0 Å². The molecule has 2 N–H and O–H groups in total. The van der Waals surface area contributed by atoms with Crippen molar-refractivity contribution in [1.29, 1.82) is 0 Å². The van der Waals surface area contributed by atoms with Gasteiger partial charge in [0.2, 0.25) is 0 Å². The van der Waals surface area contributed by atoms with Gasteiger partial charge in [0, 0.05) is 12.5 Å². The highest BCUT2D eigenvalue weighted by molar-refractivity contribution is 7.18. The second-order valence-electron chi connectivity index (χ2n) is 8.68. The minimum atomic E-state index is -4.68. The number of aromatic nitrogens is 2. The normalized spacial score (nSPS) is 16.6. The zero-order valence-electron chi connectivity index (χ0n) is 21.3. The van der Waals surface area contributed by atoms with E-state index in [9.17, 15) is 27.6 Å². The van der Waals surface area contributed by atoms with Crippen molar-refractivity contribution < 1.29 is 37.0 Å². The number of hydrogen-bond acceptors (Lipinski definition) is 8. The highest BCUT2D eigenvalue weighted by atomic mass is 35.5. The van der Waals surface area contributed by atoms with Gasteiger partial charge in [-0.05, 0) is 44.0 Å². The first kappa shape index (κ1) is 29.7. The molecule has 2 atom stereocenters. The Morgan fingerprint density at radius 2 is 1.80 bits per heavy atom. The van der Waals surface area contributed by atoms with Gasteiger partial charge in [-0.25, -0.2) is 14.3 Å². The largest absolute Gasteiger partial charge is 0.462 e. The SMILES string of the molecule is CCOC(=O)c1sc(NC(=O)c2cc3n(n2)[C@H](C(F)(F)F)C[C@@H](c2ccc(Cl)c(Cl)c2)N3)c(C(=O)OCC)c1C. The first-order valence-corrected chi connectivity index (χ1v) is 13.6. The molecule has 3 aromatic rings. The maximum Gasteiger partial charge on any atom is 0.410 e. The molecule has 15 heteroatoms. The van der Waals surface area contributed by atoms with Crippen molar-refractivity contribution >= 4 is 63.2 Å². The predicted octanol–water partition coefficient (Wildman–Crippen LogP) is 6.83. The lowest BCUT2D eigenvalue weighted by atomic mass is 9.97. The zero-order chi connectivity index (χ0) is 29.4. The Bertz CT molecular complexity index is 1470. The molecule has 40 heavy (non-hydrogen) atoms. The lowest BCUT2D eigenvalue weighted by Gasteiger charge is -2.33. The van der Waals surface area contributed by atoms with E-state index in [1.54, 1.807) is 19.9 Å². The van der Waals surface area contributed by atoms with E-state index in [2.05, 4.69) is 15.7 Å². The number of nitrogens with zero attached hydrogens (tertiary/aromatic N) is 2. The summed E-state index contributed by atoms with van der Waals surface area (Å²) >= 11 is 12.8. The Kier molecular flexibility index (Phi) is 8.66. The molecular weight excluding hydrogens is 596 g/mol. The molecule has 3 heterocycles. The van der Waals surface area contributed by atoms with Crippen molar-refractivity contribution in [3.63, 3.8) is 0 Å². The first-order valence-electron chi connectivity index (χ1n) is 12.0. The third-order valence-electron chi connectivity index (χ3n) is 6.08. The molecule has 0 spiro atoms. The monoisotopic (exact) mass is 618 g/mol. The number of halogens is 5. The number of ether oxygens (including phenoxy) is 2. The van der Waals surface area contributed by atoms with Crippen molar-refractivity contribution in [2.24, 2.45) is 0 Å². The Morgan fingerprint density at radius 3 is 2.42 bits per heavy atom. The molecule has 1 aromatic carbocycles. The van der Waals surface area contributed by atoms with Crippen LogP contribution in [0.4, 0.5) is 24.0 Å². The van der Waals surface area contributed by atoms with Gasteiger partial charge in [-0.15, -0.1) is 11.3 Å². The summed E-state index contributed by atoms with van der Waals surface area (Å²) in [4.78, 5) is 38.3. The molecule has 1 amide bonds. The van der Waals surface area contributed by atoms with Crippen molar-refractivity contribution in [2.75, 3.05) is 23.8 Å². The summed E-state index contributed by atoms with van der Waals surface area (Å²) in [5, 5.41) is 9.83. The van der Waals surface area contributed by atoms with Crippen LogP contribution in [-0.2, 0) is 9.47 Å². The van der Waals surface area contributed by atoms with Crippen molar-refractivity contribution in [2.45, 2.75) is 45.5 Å². The molecule has 0 bridgehead atoms. The summed E-state index contributed by atoms with van der Waals surface area (Å²) in [5.74, 6) is -2.42. The maximum absolute atomic E-state index is 14.1.